The van der Waals surface area contributed by atoms with Crippen LogP contribution in [0.5, 0.6) is 5.75 Å². The number of ether oxygens (including phenoxy) is 1. The molecule has 0 amide bonds. The van der Waals surface area contributed by atoms with E-state index in [1.807, 2.05) is 0 Å². The number of hydrogen-bond donors (Lipinski definition) is 1. The Kier molecular flexibility index (Phi) is 3.24. The second kappa shape index (κ2) is 4.25. The topological polar surface area (TPSA) is 46.5 Å². The van der Waals surface area contributed by atoms with Gasteiger partial charge in [0.05, 0.1) is 5.56 Å². The van der Waals surface area contributed by atoms with Crippen LogP contribution in [0.15, 0.2) is 12.1 Å². The van der Waals surface area contributed by atoms with Crippen LogP contribution in [-0.4, -0.2) is 17.7 Å². The standard InChI is InChI=1S/C10H10F2O3/c1-5-3-4-7(9(13)14)6(2)8(5)15-10(11)12/h3-4,10H,1-2H3,(H,13,14). The number of halogens is 2. The van der Waals surface area contributed by atoms with Gasteiger partial charge < -0.3 is 9.84 Å². The lowest BCUT2D eigenvalue weighted by atomic mass is 10.0. The largest absolute Gasteiger partial charge is 0.478 e. The van der Waals surface area contributed by atoms with Gasteiger partial charge in [-0.25, -0.2) is 4.79 Å². The van der Waals surface area contributed by atoms with Crippen molar-refractivity contribution in [1.29, 1.82) is 0 Å². The molecule has 82 valence electrons. The van der Waals surface area contributed by atoms with E-state index in [0.29, 0.717) is 5.56 Å². The lowest BCUT2D eigenvalue weighted by Crippen LogP contribution is -2.08. The summed E-state index contributed by atoms with van der Waals surface area (Å²) in [5.41, 5.74) is 0.664. The van der Waals surface area contributed by atoms with Crippen molar-refractivity contribution in [3.05, 3.63) is 28.8 Å². The van der Waals surface area contributed by atoms with E-state index in [2.05, 4.69) is 4.74 Å². The van der Waals surface area contributed by atoms with Crippen LogP contribution in [0.2, 0.25) is 0 Å². The Bertz CT molecular complexity index is 388. The van der Waals surface area contributed by atoms with Gasteiger partial charge in [0.1, 0.15) is 5.75 Å². The molecule has 0 saturated carbocycles. The van der Waals surface area contributed by atoms with E-state index in [0.717, 1.165) is 0 Å². The van der Waals surface area contributed by atoms with Gasteiger partial charge in [0, 0.05) is 5.56 Å². The third-order valence-electron chi connectivity index (χ3n) is 2.04. The Hall–Kier alpha value is -1.65. The van der Waals surface area contributed by atoms with Crippen molar-refractivity contribution in [3.8, 4) is 5.75 Å². The molecule has 1 aromatic carbocycles. The molecular formula is C10H10F2O3. The second-order valence-electron chi connectivity index (χ2n) is 3.07. The van der Waals surface area contributed by atoms with Gasteiger partial charge in [-0.3, -0.25) is 0 Å². The number of benzene rings is 1. The fourth-order valence-corrected chi connectivity index (χ4v) is 1.33. The minimum absolute atomic E-state index is 0.0312. The van der Waals surface area contributed by atoms with E-state index in [9.17, 15) is 13.6 Å². The minimum atomic E-state index is -2.95. The van der Waals surface area contributed by atoms with Crippen LogP contribution in [0.25, 0.3) is 0 Å². The van der Waals surface area contributed by atoms with Crippen molar-refractivity contribution in [2.75, 3.05) is 0 Å². The molecule has 0 unspecified atom stereocenters. The predicted molar refractivity (Wildman–Crippen MR) is 49.5 cm³/mol. The van der Waals surface area contributed by atoms with Gasteiger partial charge in [0.2, 0.25) is 0 Å². The number of carboxylic acid groups (broad SMARTS) is 1. The van der Waals surface area contributed by atoms with Gasteiger partial charge in [-0.2, -0.15) is 8.78 Å². The van der Waals surface area contributed by atoms with Gasteiger partial charge in [-0.1, -0.05) is 6.07 Å². The normalized spacial score (nSPS) is 10.5. The molecule has 0 aliphatic carbocycles. The van der Waals surface area contributed by atoms with E-state index >= 15 is 0 Å². The van der Waals surface area contributed by atoms with Gasteiger partial charge in [-0.15, -0.1) is 0 Å². The summed E-state index contributed by atoms with van der Waals surface area (Å²) in [4.78, 5) is 10.7. The van der Waals surface area contributed by atoms with Crippen LogP contribution < -0.4 is 4.74 Å². The number of carboxylic acids is 1. The summed E-state index contributed by atoms with van der Waals surface area (Å²) in [7, 11) is 0. The molecule has 0 bridgehead atoms. The maximum atomic E-state index is 12.0. The van der Waals surface area contributed by atoms with Crippen molar-refractivity contribution in [3.63, 3.8) is 0 Å². The van der Waals surface area contributed by atoms with E-state index in [1.165, 1.54) is 19.1 Å². The Balaban J connectivity index is 3.24. The molecule has 0 spiro atoms. The average molecular weight is 216 g/mol. The van der Waals surface area contributed by atoms with Crippen molar-refractivity contribution in [2.45, 2.75) is 20.5 Å². The Labute approximate surface area is 85.3 Å². The first kappa shape index (κ1) is 11.4. The quantitative estimate of drug-likeness (QED) is 0.844. The number of aryl methyl sites for hydroxylation is 1. The smallest absolute Gasteiger partial charge is 0.387 e. The summed E-state index contributed by atoms with van der Waals surface area (Å²) in [5, 5.41) is 8.77. The number of alkyl halides is 2. The number of aromatic carboxylic acids is 1. The fourth-order valence-electron chi connectivity index (χ4n) is 1.33. The van der Waals surface area contributed by atoms with Crippen molar-refractivity contribution in [1.82, 2.24) is 0 Å². The Morgan fingerprint density at radius 3 is 2.47 bits per heavy atom. The first-order valence-corrected chi connectivity index (χ1v) is 4.21. The highest BCUT2D eigenvalue weighted by atomic mass is 19.3. The predicted octanol–water partition coefficient (Wildman–Crippen LogP) is 2.60. The molecule has 1 N–H and O–H groups in total. The zero-order valence-corrected chi connectivity index (χ0v) is 8.25. The fraction of sp³-hybridized carbons (Fsp3) is 0.300. The summed E-state index contributed by atoms with van der Waals surface area (Å²) >= 11 is 0. The molecule has 1 rings (SSSR count). The van der Waals surface area contributed by atoms with Crippen LogP contribution in [-0.2, 0) is 0 Å². The zero-order chi connectivity index (χ0) is 11.6. The molecule has 0 aliphatic heterocycles. The molecule has 0 aliphatic rings. The SMILES string of the molecule is Cc1ccc(C(=O)O)c(C)c1OC(F)F. The molecule has 1 aromatic rings. The van der Waals surface area contributed by atoms with Crippen LogP contribution >= 0.6 is 0 Å². The molecule has 15 heavy (non-hydrogen) atoms. The van der Waals surface area contributed by atoms with Crippen molar-refractivity contribution in [2.24, 2.45) is 0 Å². The van der Waals surface area contributed by atoms with E-state index < -0.39 is 12.6 Å². The molecule has 0 heterocycles. The minimum Gasteiger partial charge on any atom is -0.478 e. The molecule has 0 radical (unpaired) electrons. The van der Waals surface area contributed by atoms with E-state index in [4.69, 9.17) is 5.11 Å². The highest BCUT2D eigenvalue weighted by molar-refractivity contribution is 5.90. The number of hydrogen-bond acceptors (Lipinski definition) is 2. The maximum absolute atomic E-state index is 12.0. The van der Waals surface area contributed by atoms with Crippen LogP contribution in [0.3, 0.4) is 0 Å². The maximum Gasteiger partial charge on any atom is 0.387 e. The summed E-state index contributed by atoms with van der Waals surface area (Å²) in [5.74, 6) is -1.23. The van der Waals surface area contributed by atoms with Crippen LogP contribution in [0, 0.1) is 13.8 Å². The van der Waals surface area contributed by atoms with Gasteiger partial charge in [0.15, 0.2) is 0 Å². The molecule has 0 fully saturated rings. The van der Waals surface area contributed by atoms with Crippen molar-refractivity contribution >= 4 is 5.97 Å². The Morgan fingerprint density at radius 2 is 2.00 bits per heavy atom. The van der Waals surface area contributed by atoms with Crippen LogP contribution in [0.1, 0.15) is 21.5 Å². The summed E-state index contributed by atoms with van der Waals surface area (Å²) in [6.45, 7) is 0.0660. The van der Waals surface area contributed by atoms with Gasteiger partial charge in [-0.05, 0) is 25.5 Å². The molecule has 0 aromatic heterocycles. The summed E-state index contributed by atoms with van der Waals surface area (Å²) in [6, 6.07) is 2.81. The van der Waals surface area contributed by atoms with E-state index in [1.54, 1.807) is 6.92 Å². The molecule has 5 heteroatoms. The summed E-state index contributed by atoms with van der Waals surface area (Å²) < 4.78 is 28.4. The second-order valence-corrected chi connectivity index (χ2v) is 3.07. The molecular weight excluding hydrogens is 206 g/mol. The van der Waals surface area contributed by atoms with Gasteiger partial charge >= 0.3 is 12.6 Å². The highest BCUT2D eigenvalue weighted by Gasteiger charge is 2.16. The Morgan fingerprint density at radius 1 is 1.40 bits per heavy atom. The average Bonchev–Trinajstić information content (AvgIpc) is 2.11. The number of rotatable bonds is 3. The molecule has 0 atom stereocenters. The first-order chi connectivity index (χ1) is 6.93. The highest BCUT2D eigenvalue weighted by Crippen LogP contribution is 2.27. The lowest BCUT2D eigenvalue weighted by molar-refractivity contribution is -0.0508. The molecule has 3 nitrogen and oxygen atoms in total. The van der Waals surface area contributed by atoms with Crippen molar-refractivity contribution < 1.29 is 23.4 Å². The van der Waals surface area contributed by atoms with Gasteiger partial charge in [0.25, 0.3) is 0 Å². The third kappa shape index (κ3) is 2.43. The monoisotopic (exact) mass is 216 g/mol. The number of carbonyl (C=O) groups is 1. The molecule has 0 saturated heterocycles. The third-order valence-corrected chi connectivity index (χ3v) is 2.04. The van der Waals surface area contributed by atoms with E-state index in [-0.39, 0.29) is 16.9 Å². The summed E-state index contributed by atoms with van der Waals surface area (Å²) in [6.07, 6.45) is 0. The zero-order valence-electron chi connectivity index (χ0n) is 8.25. The van der Waals surface area contributed by atoms with Crippen LogP contribution in [0.4, 0.5) is 8.78 Å². The lowest BCUT2D eigenvalue weighted by Gasteiger charge is -2.12. The first-order valence-electron chi connectivity index (χ1n) is 4.21.